The fraction of sp³-hybridized carbons (Fsp3) is 0.429. The van der Waals surface area contributed by atoms with E-state index in [1.54, 1.807) is 41.3 Å². The van der Waals surface area contributed by atoms with Gasteiger partial charge in [0.1, 0.15) is 5.75 Å². The van der Waals surface area contributed by atoms with E-state index in [1.807, 2.05) is 13.8 Å². The molecule has 2 unspecified atom stereocenters. The molecule has 0 bridgehead atoms. The normalized spacial score (nSPS) is 19.3. The van der Waals surface area contributed by atoms with Gasteiger partial charge in [0.25, 0.3) is 17.7 Å². The zero-order valence-electron chi connectivity index (χ0n) is 21.1. The van der Waals surface area contributed by atoms with Crippen molar-refractivity contribution in [3.05, 3.63) is 59.2 Å². The third-order valence-electron chi connectivity index (χ3n) is 6.88. The summed E-state index contributed by atoms with van der Waals surface area (Å²) in [7, 11) is 0. The highest BCUT2D eigenvalue weighted by molar-refractivity contribution is 6.34. The maximum atomic E-state index is 13.4. The first-order chi connectivity index (χ1) is 17.3. The van der Waals surface area contributed by atoms with Crippen LogP contribution in [0, 0.1) is 5.92 Å². The Morgan fingerprint density at radius 1 is 1.00 bits per heavy atom. The second-order valence-electron chi connectivity index (χ2n) is 9.36. The molecular formula is C28H33N3O5. The summed E-state index contributed by atoms with van der Waals surface area (Å²) in [5.74, 6) is -0.750. The zero-order chi connectivity index (χ0) is 25.8. The van der Waals surface area contributed by atoms with Crippen molar-refractivity contribution in [3.63, 3.8) is 0 Å². The summed E-state index contributed by atoms with van der Waals surface area (Å²) < 4.78 is 5.44. The Morgan fingerprint density at radius 2 is 1.72 bits per heavy atom. The van der Waals surface area contributed by atoms with E-state index in [4.69, 9.17) is 4.74 Å². The van der Waals surface area contributed by atoms with E-state index in [1.165, 1.54) is 6.07 Å². The molecule has 4 rings (SSSR count). The van der Waals surface area contributed by atoms with Gasteiger partial charge in [0.15, 0.2) is 0 Å². The van der Waals surface area contributed by atoms with Crippen LogP contribution in [0.5, 0.6) is 5.75 Å². The molecule has 8 nitrogen and oxygen atoms in total. The number of nitrogens with zero attached hydrogens (tertiary/aromatic N) is 2. The molecule has 1 N–H and O–H groups in total. The van der Waals surface area contributed by atoms with Gasteiger partial charge in [0.05, 0.1) is 29.3 Å². The van der Waals surface area contributed by atoms with E-state index in [-0.39, 0.29) is 34.9 Å². The molecule has 2 aliphatic rings. The number of hydrogen-bond acceptors (Lipinski definition) is 5. The molecule has 2 aromatic carbocycles. The van der Waals surface area contributed by atoms with E-state index in [2.05, 4.69) is 12.2 Å². The largest absolute Gasteiger partial charge is 0.494 e. The lowest BCUT2D eigenvalue weighted by Crippen LogP contribution is -2.49. The van der Waals surface area contributed by atoms with Crippen LogP contribution in [0.25, 0.3) is 0 Å². The number of amides is 4. The molecule has 0 aliphatic carbocycles. The van der Waals surface area contributed by atoms with Crippen LogP contribution >= 0.6 is 0 Å². The van der Waals surface area contributed by atoms with Gasteiger partial charge in [-0.1, -0.05) is 13.3 Å². The van der Waals surface area contributed by atoms with Crippen molar-refractivity contribution in [3.8, 4) is 5.75 Å². The average molecular weight is 492 g/mol. The molecule has 36 heavy (non-hydrogen) atoms. The fourth-order valence-electron chi connectivity index (χ4n) is 4.77. The lowest BCUT2D eigenvalue weighted by molar-refractivity contribution is -0.126. The Kier molecular flexibility index (Phi) is 7.72. The number of rotatable bonds is 8. The quantitative estimate of drug-likeness (QED) is 0.444. The Hall–Kier alpha value is -3.68. The van der Waals surface area contributed by atoms with Crippen LogP contribution in [0.1, 0.15) is 77.5 Å². The molecular weight excluding hydrogens is 458 g/mol. The van der Waals surface area contributed by atoms with Gasteiger partial charge in [-0.05, 0) is 75.6 Å². The summed E-state index contributed by atoms with van der Waals surface area (Å²) in [4.78, 5) is 55.1. The highest BCUT2D eigenvalue weighted by atomic mass is 16.5. The number of piperidine rings is 1. The first kappa shape index (κ1) is 25.4. The van der Waals surface area contributed by atoms with E-state index < -0.39 is 11.8 Å². The average Bonchev–Trinajstić information content (AvgIpc) is 3.14. The number of anilines is 1. The lowest BCUT2D eigenvalue weighted by Gasteiger charge is -2.37. The number of likely N-dealkylation sites (tertiary alicyclic amines) is 1. The molecule has 4 amide bonds. The SMILES string of the molecule is CCCCNC(=O)C1CCC(C)N(C(=O)c2ccc3c(c2)C(=O)N(c2ccc(OCC)cc2)C3=O)C1. The predicted octanol–water partition coefficient (Wildman–Crippen LogP) is 4.04. The monoisotopic (exact) mass is 491 g/mol. The van der Waals surface area contributed by atoms with Crippen LogP contribution in [-0.4, -0.2) is 54.3 Å². The summed E-state index contributed by atoms with van der Waals surface area (Å²) in [5.41, 5.74) is 1.25. The van der Waals surface area contributed by atoms with Gasteiger partial charge in [0, 0.05) is 24.7 Å². The first-order valence-electron chi connectivity index (χ1n) is 12.7. The van der Waals surface area contributed by atoms with Crippen molar-refractivity contribution in [1.82, 2.24) is 10.2 Å². The minimum atomic E-state index is -0.464. The van der Waals surface area contributed by atoms with Gasteiger partial charge in [0.2, 0.25) is 5.91 Å². The highest BCUT2D eigenvalue weighted by Gasteiger charge is 2.38. The lowest BCUT2D eigenvalue weighted by atomic mass is 9.91. The van der Waals surface area contributed by atoms with Gasteiger partial charge in [-0.2, -0.15) is 0 Å². The number of fused-ring (bicyclic) bond motifs is 1. The zero-order valence-corrected chi connectivity index (χ0v) is 21.1. The van der Waals surface area contributed by atoms with Crippen LogP contribution in [0.2, 0.25) is 0 Å². The van der Waals surface area contributed by atoms with Crippen molar-refractivity contribution in [2.75, 3.05) is 24.6 Å². The molecule has 0 saturated carbocycles. The number of unbranched alkanes of at least 4 members (excludes halogenated alkanes) is 1. The van der Waals surface area contributed by atoms with Gasteiger partial charge in [-0.15, -0.1) is 0 Å². The topological polar surface area (TPSA) is 96.0 Å². The third kappa shape index (κ3) is 4.98. The molecule has 2 atom stereocenters. The molecule has 2 aliphatic heterocycles. The Morgan fingerprint density at radius 3 is 2.42 bits per heavy atom. The van der Waals surface area contributed by atoms with Crippen molar-refractivity contribution in [2.45, 2.75) is 52.5 Å². The van der Waals surface area contributed by atoms with Gasteiger partial charge in [-0.3, -0.25) is 19.2 Å². The number of carbonyl (C=O) groups is 4. The number of benzene rings is 2. The highest BCUT2D eigenvalue weighted by Crippen LogP contribution is 2.31. The Labute approximate surface area is 211 Å². The predicted molar refractivity (Wildman–Crippen MR) is 136 cm³/mol. The van der Waals surface area contributed by atoms with Crippen molar-refractivity contribution >= 4 is 29.3 Å². The summed E-state index contributed by atoms with van der Waals surface area (Å²) in [6.45, 7) is 7.41. The number of carbonyl (C=O) groups excluding carboxylic acids is 4. The number of imide groups is 1. The maximum absolute atomic E-state index is 13.4. The van der Waals surface area contributed by atoms with E-state index in [9.17, 15) is 19.2 Å². The van der Waals surface area contributed by atoms with E-state index >= 15 is 0 Å². The van der Waals surface area contributed by atoms with E-state index in [0.29, 0.717) is 36.7 Å². The van der Waals surface area contributed by atoms with Crippen LogP contribution in [-0.2, 0) is 4.79 Å². The molecule has 0 radical (unpaired) electrons. The Bertz CT molecular complexity index is 1160. The van der Waals surface area contributed by atoms with Crippen molar-refractivity contribution in [1.29, 1.82) is 0 Å². The van der Waals surface area contributed by atoms with Crippen LogP contribution in [0.15, 0.2) is 42.5 Å². The number of nitrogens with one attached hydrogen (secondary N) is 1. The van der Waals surface area contributed by atoms with Crippen LogP contribution in [0.4, 0.5) is 5.69 Å². The molecule has 190 valence electrons. The summed E-state index contributed by atoms with van der Waals surface area (Å²) in [6.07, 6.45) is 3.39. The summed E-state index contributed by atoms with van der Waals surface area (Å²) in [5, 5.41) is 2.97. The molecule has 0 aromatic heterocycles. The van der Waals surface area contributed by atoms with Crippen molar-refractivity contribution in [2.24, 2.45) is 5.92 Å². The summed E-state index contributed by atoms with van der Waals surface area (Å²) in [6, 6.07) is 11.4. The maximum Gasteiger partial charge on any atom is 0.266 e. The van der Waals surface area contributed by atoms with Crippen LogP contribution in [0.3, 0.4) is 0 Å². The second kappa shape index (κ2) is 10.9. The fourth-order valence-corrected chi connectivity index (χ4v) is 4.77. The third-order valence-corrected chi connectivity index (χ3v) is 6.88. The standard InChI is InChI=1S/C28H33N3O5/c1-4-6-15-29-25(32)20-8-7-18(3)30(17-20)26(33)19-9-14-23-24(16-19)28(35)31(27(23)34)21-10-12-22(13-11-21)36-5-2/h9-14,16,18,20H,4-8,15,17H2,1-3H3,(H,29,32). The minimum Gasteiger partial charge on any atom is -0.494 e. The van der Waals surface area contributed by atoms with E-state index in [0.717, 1.165) is 30.6 Å². The molecule has 8 heteroatoms. The number of hydrogen-bond donors (Lipinski definition) is 1. The van der Waals surface area contributed by atoms with Gasteiger partial charge < -0.3 is 15.0 Å². The molecule has 2 aromatic rings. The summed E-state index contributed by atoms with van der Waals surface area (Å²) >= 11 is 0. The number of ether oxygens (including phenoxy) is 1. The molecule has 1 fully saturated rings. The molecule has 1 saturated heterocycles. The van der Waals surface area contributed by atoms with Crippen molar-refractivity contribution < 1.29 is 23.9 Å². The first-order valence-corrected chi connectivity index (χ1v) is 12.7. The van der Waals surface area contributed by atoms with Crippen LogP contribution < -0.4 is 15.0 Å². The molecule has 2 heterocycles. The second-order valence-corrected chi connectivity index (χ2v) is 9.36. The molecule has 0 spiro atoms. The van der Waals surface area contributed by atoms with Gasteiger partial charge >= 0.3 is 0 Å². The minimum absolute atomic E-state index is 0.0196. The van der Waals surface area contributed by atoms with Gasteiger partial charge in [-0.25, -0.2) is 4.90 Å². The smallest absolute Gasteiger partial charge is 0.266 e. The Balaban J connectivity index is 1.51.